The van der Waals surface area contributed by atoms with Gasteiger partial charge in [-0.2, -0.15) is 0 Å². The quantitative estimate of drug-likeness (QED) is 0.281. The van der Waals surface area contributed by atoms with Crippen LogP contribution in [0.25, 0.3) is 27.8 Å². The van der Waals surface area contributed by atoms with Gasteiger partial charge in [-0.1, -0.05) is 53.3 Å². The fourth-order valence-electron chi connectivity index (χ4n) is 4.55. The monoisotopic (exact) mass is 511 g/mol. The van der Waals surface area contributed by atoms with Crippen molar-refractivity contribution < 1.29 is 4.74 Å². The molecule has 3 aromatic carbocycles. The van der Waals surface area contributed by atoms with E-state index in [-0.39, 0.29) is 5.56 Å². The van der Waals surface area contributed by atoms with Crippen LogP contribution >= 0.6 is 22.9 Å². The van der Waals surface area contributed by atoms with Crippen molar-refractivity contribution in [2.75, 3.05) is 0 Å². The number of ether oxygens (including phenoxy) is 1. The molecule has 178 valence electrons. The molecule has 36 heavy (non-hydrogen) atoms. The molecule has 0 amide bonds. The average molecular weight is 512 g/mol. The molecule has 0 aliphatic rings. The normalized spacial score (nSPS) is 12.1. The van der Waals surface area contributed by atoms with Gasteiger partial charge in [0.05, 0.1) is 15.6 Å². The molecule has 0 aliphatic heterocycles. The van der Waals surface area contributed by atoms with Crippen molar-refractivity contribution in [2.24, 2.45) is 0 Å². The zero-order chi connectivity index (χ0) is 24.8. The predicted molar refractivity (Wildman–Crippen MR) is 147 cm³/mol. The summed E-state index contributed by atoms with van der Waals surface area (Å²) in [6, 6.07) is 25.5. The summed E-state index contributed by atoms with van der Waals surface area (Å²) in [5.41, 5.74) is 6.79. The number of halogens is 1. The van der Waals surface area contributed by atoms with Gasteiger partial charge in [-0.05, 0) is 74.0 Å². The minimum absolute atomic E-state index is 0.0338. The number of imidazole rings is 1. The first-order chi connectivity index (χ1) is 17.5. The maximum Gasteiger partial charge on any atom is 0.274 e. The number of hydrogen-bond acceptors (Lipinski definition) is 4. The van der Waals surface area contributed by atoms with E-state index < -0.39 is 0 Å². The first kappa shape index (κ1) is 22.6. The van der Waals surface area contributed by atoms with Crippen LogP contribution in [-0.2, 0) is 6.61 Å². The van der Waals surface area contributed by atoms with Crippen LogP contribution in [-0.4, -0.2) is 14.0 Å². The Morgan fingerprint density at radius 1 is 1.00 bits per heavy atom. The maximum absolute atomic E-state index is 13.2. The topological polar surface area (TPSA) is 48.5 Å². The van der Waals surface area contributed by atoms with Crippen molar-refractivity contribution in [2.45, 2.75) is 20.5 Å². The summed E-state index contributed by atoms with van der Waals surface area (Å²) >= 11 is 7.65. The van der Waals surface area contributed by atoms with Crippen molar-refractivity contribution in [1.29, 1.82) is 0 Å². The summed E-state index contributed by atoms with van der Waals surface area (Å²) in [7, 11) is 0. The summed E-state index contributed by atoms with van der Waals surface area (Å²) in [6.07, 6.45) is 1.97. The summed E-state index contributed by atoms with van der Waals surface area (Å²) in [5, 5.41) is 0.699. The molecule has 0 unspecified atom stereocenters. The molecule has 5 nitrogen and oxygen atoms in total. The molecule has 0 bridgehead atoms. The summed E-state index contributed by atoms with van der Waals surface area (Å²) in [5.74, 6) is 0.776. The third-order valence-corrected chi connectivity index (χ3v) is 7.69. The second-order valence-corrected chi connectivity index (χ2v) is 10.1. The van der Waals surface area contributed by atoms with E-state index in [4.69, 9.17) is 16.3 Å². The molecular weight excluding hydrogens is 490 g/mol. The average Bonchev–Trinajstić information content (AvgIpc) is 3.49. The molecule has 0 saturated heterocycles. The zero-order valence-electron chi connectivity index (χ0n) is 19.7. The van der Waals surface area contributed by atoms with E-state index in [0.717, 1.165) is 45.0 Å². The number of benzene rings is 3. The van der Waals surface area contributed by atoms with Gasteiger partial charge in [0.15, 0.2) is 4.96 Å². The van der Waals surface area contributed by atoms with E-state index >= 15 is 0 Å². The lowest BCUT2D eigenvalue weighted by Gasteiger charge is -2.12. The Balaban J connectivity index is 1.31. The van der Waals surface area contributed by atoms with Crippen LogP contribution < -0.4 is 14.8 Å². The largest absolute Gasteiger partial charge is 0.489 e. The lowest BCUT2D eigenvalue weighted by atomic mass is 10.2. The van der Waals surface area contributed by atoms with Crippen molar-refractivity contribution in [3.05, 3.63) is 121 Å². The number of nitrogens with zero attached hydrogens (tertiary/aromatic N) is 3. The standard InChI is InChI=1S/C29H22ClN3O2S/c1-18-15-21(16-27-28(34)33-26-10-6-5-9-25(26)31-29(33)36-27)19(2)32(18)22-11-13-23(14-12-22)35-17-20-7-3-4-8-24(20)30/h3-16H,17H2,1-2H3/b27-16-. The molecule has 0 radical (unpaired) electrons. The van der Waals surface area contributed by atoms with Crippen LogP contribution in [0.5, 0.6) is 5.75 Å². The van der Waals surface area contributed by atoms with E-state index in [1.54, 1.807) is 4.40 Å². The van der Waals surface area contributed by atoms with Gasteiger partial charge in [-0.15, -0.1) is 0 Å². The van der Waals surface area contributed by atoms with Crippen molar-refractivity contribution in [1.82, 2.24) is 14.0 Å². The number of fused-ring (bicyclic) bond motifs is 3. The minimum atomic E-state index is -0.0338. The van der Waals surface area contributed by atoms with Gasteiger partial charge in [0, 0.05) is 27.7 Å². The lowest BCUT2D eigenvalue weighted by molar-refractivity contribution is 0.306. The van der Waals surface area contributed by atoms with Gasteiger partial charge in [0.25, 0.3) is 5.56 Å². The summed E-state index contributed by atoms with van der Waals surface area (Å²) < 4.78 is 10.5. The Kier molecular flexibility index (Phi) is 5.63. The molecule has 3 heterocycles. The predicted octanol–water partition coefficient (Wildman–Crippen LogP) is 6.10. The Morgan fingerprint density at radius 3 is 2.56 bits per heavy atom. The van der Waals surface area contributed by atoms with E-state index in [2.05, 4.69) is 29.5 Å². The molecule has 0 aliphatic carbocycles. The van der Waals surface area contributed by atoms with Crippen LogP contribution in [0, 0.1) is 13.8 Å². The van der Waals surface area contributed by atoms with Crippen molar-refractivity contribution in [3.8, 4) is 11.4 Å². The first-order valence-corrected chi connectivity index (χ1v) is 12.8. The Labute approximate surface area is 216 Å². The second kappa shape index (κ2) is 8.97. The Hall–Kier alpha value is -3.87. The molecule has 0 saturated carbocycles. The van der Waals surface area contributed by atoms with Gasteiger partial charge < -0.3 is 9.30 Å². The van der Waals surface area contributed by atoms with Crippen molar-refractivity contribution in [3.63, 3.8) is 0 Å². The summed E-state index contributed by atoms with van der Waals surface area (Å²) in [6.45, 7) is 4.55. The summed E-state index contributed by atoms with van der Waals surface area (Å²) in [4.78, 5) is 18.5. The highest BCUT2D eigenvalue weighted by Gasteiger charge is 2.13. The smallest absolute Gasteiger partial charge is 0.274 e. The number of thiazole rings is 1. The fraction of sp³-hybridized carbons (Fsp3) is 0.103. The Morgan fingerprint density at radius 2 is 1.75 bits per heavy atom. The van der Waals surface area contributed by atoms with Gasteiger partial charge in [0.2, 0.25) is 0 Å². The van der Waals surface area contributed by atoms with Crippen LogP contribution in [0.1, 0.15) is 22.5 Å². The minimum Gasteiger partial charge on any atom is -0.489 e. The highest BCUT2D eigenvalue weighted by molar-refractivity contribution is 7.15. The fourth-order valence-corrected chi connectivity index (χ4v) is 5.72. The number of aromatic nitrogens is 3. The number of para-hydroxylation sites is 2. The van der Waals surface area contributed by atoms with Gasteiger partial charge in [0.1, 0.15) is 12.4 Å². The Bertz CT molecular complexity index is 1850. The molecule has 6 rings (SSSR count). The zero-order valence-corrected chi connectivity index (χ0v) is 21.3. The molecule has 0 N–H and O–H groups in total. The van der Waals surface area contributed by atoms with E-state index in [9.17, 15) is 4.79 Å². The van der Waals surface area contributed by atoms with E-state index in [0.29, 0.717) is 21.1 Å². The van der Waals surface area contributed by atoms with Gasteiger partial charge in [-0.3, -0.25) is 4.79 Å². The maximum atomic E-state index is 13.2. The van der Waals surface area contributed by atoms with Crippen molar-refractivity contribution >= 4 is 45.0 Å². The van der Waals surface area contributed by atoms with E-state index in [1.807, 2.05) is 78.9 Å². The molecule has 6 aromatic rings. The second-order valence-electron chi connectivity index (χ2n) is 8.67. The number of aryl methyl sites for hydroxylation is 1. The third kappa shape index (κ3) is 3.88. The SMILES string of the molecule is Cc1cc(/C=c2\sc3nc4ccccc4n3c2=O)c(C)n1-c1ccc(OCc2ccccc2Cl)cc1. The molecule has 0 atom stereocenters. The highest BCUT2D eigenvalue weighted by atomic mass is 35.5. The molecule has 3 aromatic heterocycles. The first-order valence-electron chi connectivity index (χ1n) is 11.6. The van der Waals surface area contributed by atoms with Gasteiger partial charge >= 0.3 is 0 Å². The molecule has 7 heteroatoms. The van der Waals surface area contributed by atoms with Gasteiger partial charge in [-0.25, -0.2) is 9.38 Å². The number of rotatable bonds is 5. The van der Waals surface area contributed by atoms with Crippen LogP contribution in [0.2, 0.25) is 5.02 Å². The molecule has 0 spiro atoms. The highest BCUT2D eigenvalue weighted by Crippen LogP contribution is 2.25. The van der Waals surface area contributed by atoms with E-state index in [1.165, 1.54) is 11.3 Å². The number of hydrogen-bond donors (Lipinski definition) is 0. The molecular formula is C29H22ClN3O2S. The van der Waals surface area contributed by atoms with Crippen LogP contribution in [0.4, 0.5) is 0 Å². The lowest BCUT2D eigenvalue weighted by Crippen LogP contribution is -2.22. The van der Waals surface area contributed by atoms with Crippen LogP contribution in [0.15, 0.2) is 83.7 Å². The third-order valence-electron chi connectivity index (χ3n) is 6.35. The molecule has 0 fully saturated rings. The van der Waals surface area contributed by atoms with Crippen LogP contribution in [0.3, 0.4) is 0 Å².